The third kappa shape index (κ3) is 3.12. The van der Waals surface area contributed by atoms with Crippen LogP contribution in [0.4, 0.5) is 5.69 Å². The van der Waals surface area contributed by atoms with E-state index in [4.69, 9.17) is 0 Å². The van der Waals surface area contributed by atoms with Gasteiger partial charge in [-0.05, 0) is 25.0 Å². The van der Waals surface area contributed by atoms with E-state index >= 15 is 0 Å². The normalized spacial score (nSPS) is 15.1. The van der Waals surface area contributed by atoms with Crippen LogP contribution in [0.15, 0.2) is 36.7 Å². The van der Waals surface area contributed by atoms with E-state index in [0.717, 1.165) is 29.9 Å². The molecule has 1 aliphatic heterocycles. The Kier molecular flexibility index (Phi) is 4.28. The number of carbonyl (C=O) groups excluding carboxylic acids is 1. The van der Waals surface area contributed by atoms with Gasteiger partial charge in [0, 0.05) is 19.6 Å². The first-order valence-electron chi connectivity index (χ1n) is 8.92. The van der Waals surface area contributed by atoms with Gasteiger partial charge in [-0.2, -0.15) is 9.61 Å². The number of aryl methyl sites for hydroxylation is 2. The monoisotopic (exact) mass is 350 g/mol. The molecule has 1 amide bonds. The van der Waals surface area contributed by atoms with Gasteiger partial charge in [-0.1, -0.05) is 36.8 Å². The quantitative estimate of drug-likeness (QED) is 0.718. The van der Waals surface area contributed by atoms with Crippen molar-refractivity contribution in [3.63, 3.8) is 0 Å². The van der Waals surface area contributed by atoms with Gasteiger partial charge in [0.05, 0.1) is 17.9 Å². The van der Waals surface area contributed by atoms with Crippen LogP contribution in [0.1, 0.15) is 23.7 Å². The molecular formula is C19H22N6O. The summed E-state index contributed by atoms with van der Waals surface area (Å²) in [5.74, 6) is 0.129. The molecule has 0 bridgehead atoms. The summed E-state index contributed by atoms with van der Waals surface area (Å²) in [6.45, 7) is 6.60. The van der Waals surface area contributed by atoms with Gasteiger partial charge in [0.25, 0.3) is 0 Å². The van der Waals surface area contributed by atoms with Crippen LogP contribution in [0, 0.1) is 6.92 Å². The molecule has 2 aromatic heterocycles. The molecule has 1 aliphatic rings. The molecule has 134 valence electrons. The number of benzene rings is 1. The fraction of sp³-hybridized carbons (Fsp3) is 0.368. The van der Waals surface area contributed by atoms with Crippen LogP contribution in [0.5, 0.6) is 0 Å². The predicted octanol–water partition coefficient (Wildman–Crippen LogP) is 1.84. The lowest BCUT2D eigenvalue weighted by molar-refractivity contribution is -0.131. The average molecular weight is 350 g/mol. The Bertz CT molecular complexity index is 933. The SMILES string of the molecule is CCc1cc(N2CCN(Cc3ccc(C)cc3)C(=O)C2)c2nncn2n1. The number of piperazine rings is 1. The molecule has 0 unspecified atom stereocenters. The van der Waals surface area contributed by atoms with Crippen molar-refractivity contribution in [1.29, 1.82) is 0 Å². The minimum Gasteiger partial charge on any atom is -0.357 e. The van der Waals surface area contributed by atoms with E-state index < -0.39 is 0 Å². The summed E-state index contributed by atoms with van der Waals surface area (Å²) in [6.07, 6.45) is 2.43. The minimum absolute atomic E-state index is 0.129. The van der Waals surface area contributed by atoms with Crippen molar-refractivity contribution in [2.75, 3.05) is 24.5 Å². The number of carbonyl (C=O) groups is 1. The molecule has 7 nitrogen and oxygen atoms in total. The summed E-state index contributed by atoms with van der Waals surface area (Å²) in [5.41, 5.74) is 4.97. The summed E-state index contributed by atoms with van der Waals surface area (Å²) in [7, 11) is 0. The van der Waals surface area contributed by atoms with Crippen LogP contribution < -0.4 is 4.90 Å². The number of rotatable bonds is 4. The number of fused-ring (bicyclic) bond motifs is 1. The molecular weight excluding hydrogens is 328 g/mol. The molecule has 0 radical (unpaired) electrons. The summed E-state index contributed by atoms with van der Waals surface area (Å²) in [6, 6.07) is 10.4. The second-order valence-electron chi connectivity index (χ2n) is 6.70. The molecule has 1 aromatic carbocycles. The Labute approximate surface area is 152 Å². The highest BCUT2D eigenvalue weighted by molar-refractivity contribution is 5.84. The van der Waals surface area contributed by atoms with Crippen LogP contribution in [0.25, 0.3) is 5.65 Å². The van der Waals surface area contributed by atoms with Gasteiger partial charge in [0.1, 0.15) is 6.33 Å². The highest BCUT2D eigenvalue weighted by Crippen LogP contribution is 2.23. The molecule has 26 heavy (non-hydrogen) atoms. The molecule has 0 N–H and O–H groups in total. The highest BCUT2D eigenvalue weighted by Gasteiger charge is 2.26. The minimum atomic E-state index is 0.129. The molecule has 0 aliphatic carbocycles. The van der Waals surface area contributed by atoms with E-state index in [1.165, 1.54) is 5.56 Å². The van der Waals surface area contributed by atoms with Crippen molar-refractivity contribution in [1.82, 2.24) is 24.7 Å². The third-order valence-electron chi connectivity index (χ3n) is 4.81. The molecule has 1 fully saturated rings. The lowest BCUT2D eigenvalue weighted by Gasteiger charge is -2.35. The van der Waals surface area contributed by atoms with E-state index in [9.17, 15) is 4.79 Å². The molecule has 0 saturated carbocycles. The van der Waals surface area contributed by atoms with E-state index in [1.807, 2.05) is 11.0 Å². The van der Waals surface area contributed by atoms with E-state index in [2.05, 4.69) is 58.3 Å². The van der Waals surface area contributed by atoms with Crippen LogP contribution in [-0.4, -0.2) is 50.3 Å². The van der Waals surface area contributed by atoms with Crippen molar-refractivity contribution < 1.29 is 4.79 Å². The van der Waals surface area contributed by atoms with Crippen molar-refractivity contribution in [3.8, 4) is 0 Å². The molecule has 3 aromatic rings. The lowest BCUT2D eigenvalue weighted by atomic mass is 10.1. The fourth-order valence-electron chi connectivity index (χ4n) is 3.26. The summed E-state index contributed by atoms with van der Waals surface area (Å²) in [5, 5.41) is 12.6. The van der Waals surface area contributed by atoms with Gasteiger partial charge in [-0.15, -0.1) is 10.2 Å². The van der Waals surface area contributed by atoms with E-state index in [1.54, 1.807) is 10.8 Å². The van der Waals surface area contributed by atoms with Crippen LogP contribution >= 0.6 is 0 Å². The second kappa shape index (κ2) is 6.74. The van der Waals surface area contributed by atoms with Crippen LogP contribution in [-0.2, 0) is 17.8 Å². The predicted molar refractivity (Wildman–Crippen MR) is 99.0 cm³/mol. The third-order valence-corrected chi connectivity index (χ3v) is 4.81. The number of anilines is 1. The van der Waals surface area contributed by atoms with Gasteiger partial charge in [0.2, 0.25) is 11.6 Å². The Morgan fingerprint density at radius 2 is 1.96 bits per heavy atom. The van der Waals surface area contributed by atoms with Crippen LogP contribution in [0.3, 0.4) is 0 Å². The number of hydrogen-bond donors (Lipinski definition) is 0. The molecule has 3 heterocycles. The Morgan fingerprint density at radius 3 is 2.69 bits per heavy atom. The van der Waals surface area contributed by atoms with Crippen molar-refractivity contribution in [2.24, 2.45) is 0 Å². The topological polar surface area (TPSA) is 66.6 Å². The Balaban J connectivity index is 1.53. The number of nitrogens with zero attached hydrogens (tertiary/aromatic N) is 6. The lowest BCUT2D eigenvalue weighted by Crippen LogP contribution is -2.50. The zero-order valence-corrected chi connectivity index (χ0v) is 15.1. The first-order chi connectivity index (χ1) is 12.6. The summed E-state index contributed by atoms with van der Waals surface area (Å²) >= 11 is 0. The van der Waals surface area contributed by atoms with Gasteiger partial charge < -0.3 is 9.80 Å². The largest absolute Gasteiger partial charge is 0.357 e. The Hall–Kier alpha value is -2.96. The van der Waals surface area contributed by atoms with Gasteiger partial charge >= 0.3 is 0 Å². The maximum Gasteiger partial charge on any atom is 0.242 e. The number of amides is 1. The van der Waals surface area contributed by atoms with Gasteiger partial charge in [-0.25, -0.2) is 0 Å². The molecule has 4 rings (SSSR count). The first-order valence-corrected chi connectivity index (χ1v) is 8.92. The fourth-order valence-corrected chi connectivity index (χ4v) is 3.26. The van der Waals surface area contributed by atoms with E-state index in [0.29, 0.717) is 25.3 Å². The van der Waals surface area contributed by atoms with Gasteiger partial charge in [0.15, 0.2) is 0 Å². The van der Waals surface area contributed by atoms with Crippen molar-refractivity contribution in [3.05, 3.63) is 53.5 Å². The first kappa shape index (κ1) is 16.5. The smallest absolute Gasteiger partial charge is 0.242 e. The van der Waals surface area contributed by atoms with Crippen molar-refractivity contribution >= 4 is 17.2 Å². The molecule has 0 spiro atoms. The summed E-state index contributed by atoms with van der Waals surface area (Å²) < 4.78 is 1.69. The highest BCUT2D eigenvalue weighted by atomic mass is 16.2. The number of hydrogen-bond acceptors (Lipinski definition) is 5. The molecule has 0 atom stereocenters. The maximum absolute atomic E-state index is 12.7. The Morgan fingerprint density at radius 1 is 1.15 bits per heavy atom. The van der Waals surface area contributed by atoms with Gasteiger partial charge in [-0.3, -0.25) is 4.79 Å². The summed E-state index contributed by atoms with van der Waals surface area (Å²) in [4.78, 5) is 16.7. The standard InChI is InChI=1S/C19H22N6O/c1-3-16-10-17(19-21-20-13-25(19)22-16)23-8-9-24(18(26)12-23)11-15-6-4-14(2)5-7-15/h4-7,10,13H,3,8-9,11-12H2,1-2H3. The van der Waals surface area contributed by atoms with E-state index in [-0.39, 0.29) is 5.91 Å². The molecule has 7 heteroatoms. The van der Waals surface area contributed by atoms with Crippen molar-refractivity contribution in [2.45, 2.75) is 26.8 Å². The zero-order valence-electron chi connectivity index (χ0n) is 15.1. The average Bonchev–Trinajstić information content (AvgIpc) is 3.13. The maximum atomic E-state index is 12.7. The second-order valence-corrected chi connectivity index (χ2v) is 6.70. The molecule has 1 saturated heterocycles. The van der Waals surface area contributed by atoms with Crippen LogP contribution in [0.2, 0.25) is 0 Å². The number of aromatic nitrogens is 4. The zero-order chi connectivity index (χ0) is 18.1.